The van der Waals surface area contributed by atoms with Crippen LogP contribution in [0.5, 0.6) is 0 Å². The Morgan fingerprint density at radius 3 is 3.00 bits per heavy atom. The summed E-state index contributed by atoms with van der Waals surface area (Å²) >= 11 is 0. The fourth-order valence-corrected chi connectivity index (χ4v) is 1.89. The summed E-state index contributed by atoms with van der Waals surface area (Å²) in [4.78, 5) is 15.4. The molecular weight excluding hydrogens is 194 g/mol. The molecule has 1 aromatic heterocycles. The van der Waals surface area contributed by atoms with Gasteiger partial charge in [-0.2, -0.15) is 5.10 Å². The molecule has 1 fully saturated rings. The van der Waals surface area contributed by atoms with Crippen molar-refractivity contribution in [1.29, 1.82) is 0 Å². The van der Waals surface area contributed by atoms with E-state index in [0.717, 1.165) is 25.7 Å². The lowest BCUT2D eigenvalue weighted by Crippen LogP contribution is -2.49. The van der Waals surface area contributed by atoms with Gasteiger partial charge in [0.2, 0.25) is 5.82 Å². The average Bonchev–Trinajstić information content (AvgIpc) is 2.74. The molecule has 2 atom stereocenters. The van der Waals surface area contributed by atoms with E-state index in [1.165, 1.54) is 6.33 Å². The first-order chi connectivity index (χ1) is 7.27. The lowest BCUT2D eigenvalue weighted by atomic mass is 9.91. The molecule has 4 N–H and O–H groups in total. The minimum absolute atomic E-state index is 0.0608. The van der Waals surface area contributed by atoms with Gasteiger partial charge in [-0.1, -0.05) is 12.8 Å². The van der Waals surface area contributed by atoms with Gasteiger partial charge in [0, 0.05) is 12.1 Å². The highest BCUT2D eigenvalue weighted by atomic mass is 16.2. The fraction of sp³-hybridized carbons (Fsp3) is 0.667. The third-order valence-corrected chi connectivity index (χ3v) is 2.77. The minimum atomic E-state index is -0.227. The van der Waals surface area contributed by atoms with Crippen molar-refractivity contribution in [2.45, 2.75) is 37.8 Å². The molecule has 0 saturated heterocycles. The van der Waals surface area contributed by atoms with Crippen LogP contribution in [0.2, 0.25) is 0 Å². The van der Waals surface area contributed by atoms with Crippen LogP contribution in [-0.2, 0) is 0 Å². The van der Waals surface area contributed by atoms with Gasteiger partial charge in [0.15, 0.2) is 0 Å². The van der Waals surface area contributed by atoms with Crippen LogP contribution in [-0.4, -0.2) is 33.2 Å². The van der Waals surface area contributed by atoms with Crippen molar-refractivity contribution in [2.75, 3.05) is 0 Å². The quantitative estimate of drug-likeness (QED) is 0.628. The van der Waals surface area contributed by atoms with Gasteiger partial charge >= 0.3 is 0 Å². The first-order valence-corrected chi connectivity index (χ1v) is 5.19. The Balaban J connectivity index is 1.93. The van der Waals surface area contributed by atoms with E-state index in [-0.39, 0.29) is 23.8 Å². The summed E-state index contributed by atoms with van der Waals surface area (Å²) in [7, 11) is 0. The van der Waals surface area contributed by atoms with Crippen LogP contribution in [0.3, 0.4) is 0 Å². The van der Waals surface area contributed by atoms with Crippen LogP contribution in [0.15, 0.2) is 6.33 Å². The number of H-pyrrole nitrogens is 1. The van der Waals surface area contributed by atoms with E-state index < -0.39 is 0 Å². The SMILES string of the molecule is NC1CCCCC1NC(=O)c1ncn[nH]1. The van der Waals surface area contributed by atoms with Crippen LogP contribution in [0.4, 0.5) is 0 Å². The molecular formula is C9H15N5O. The van der Waals surface area contributed by atoms with Gasteiger partial charge in [0.1, 0.15) is 6.33 Å². The number of nitrogens with one attached hydrogen (secondary N) is 2. The highest BCUT2D eigenvalue weighted by Gasteiger charge is 2.24. The number of amides is 1. The van der Waals surface area contributed by atoms with Crippen molar-refractivity contribution in [3.63, 3.8) is 0 Å². The van der Waals surface area contributed by atoms with E-state index in [2.05, 4.69) is 20.5 Å². The summed E-state index contributed by atoms with van der Waals surface area (Å²) in [5.41, 5.74) is 5.92. The van der Waals surface area contributed by atoms with Gasteiger partial charge in [-0.15, -0.1) is 0 Å². The molecule has 6 nitrogen and oxygen atoms in total. The Morgan fingerprint density at radius 1 is 1.53 bits per heavy atom. The molecule has 1 aliphatic rings. The predicted molar refractivity (Wildman–Crippen MR) is 54.1 cm³/mol. The second-order valence-corrected chi connectivity index (χ2v) is 3.86. The molecule has 0 aliphatic heterocycles. The average molecular weight is 209 g/mol. The van der Waals surface area contributed by atoms with Crippen LogP contribution in [0.25, 0.3) is 0 Å². The maximum atomic E-state index is 11.6. The van der Waals surface area contributed by atoms with Crippen molar-refractivity contribution in [3.8, 4) is 0 Å². The van der Waals surface area contributed by atoms with E-state index >= 15 is 0 Å². The monoisotopic (exact) mass is 209 g/mol. The molecule has 2 rings (SSSR count). The molecule has 82 valence electrons. The van der Waals surface area contributed by atoms with Crippen molar-refractivity contribution < 1.29 is 4.79 Å². The summed E-state index contributed by atoms with van der Waals surface area (Å²) in [5, 5.41) is 9.03. The molecule has 6 heteroatoms. The zero-order valence-corrected chi connectivity index (χ0v) is 8.44. The Labute approximate surface area is 87.6 Å². The van der Waals surface area contributed by atoms with Crippen molar-refractivity contribution >= 4 is 5.91 Å². The number of nitrogens with zero attached hydrogens (tertiary/aromatic N) is 2. The topological polar surface area (TPSA) is 96.7 Å². The van der Waals surface area contributed by atoms with Gasteiger partial charge in [-0.05, 0) is 12.8 Å². The van der Waals surface area contributed by atoms with E-state index in [1.54, 1.807) is 0 Å². The maximum Gasteiger partial charge on any atom is 0.288 e. The fourth-order valence-electron chi connectivity index (χ4n) is 1.89. The summed E-state index contributed by atoms with van der Waals surface area (Å²) in [6, 6.07) is 0.127. The van der Waals surface area contributed by atoms with Gasteiger partial charge < -0.3 is 11.1 Å². The summed E-state index contributed by atoms with van der Waals surface area (Å²) in [6.07, 6.45) is 5.50. The maximum absolute atomic E-state index is 11.6. The number of hydrogen-bond donors (Lipinski definition) is 3. The summed E-state index contributed by atoms with van der Waals surface area (Å²) in [6.45, 7) is 0. The van der Waals surface area contributed by atoms with Crippen molar-refractivity contribution in [2.24, 2.45) is 5.73 Å². The van der Waals surface area contributed by atoms with E-state index in [9.17, 15) is 4.79 Å². The van der Waals surface area contributed by atoms with Gasteiger partial charge in [-0.3, -0.25) is 9.89 Å². The van der Waals surface area contributed by atoms with E-state index in [1.807, 2.05) is 0 Å². The Hall–Kier alpha value is -1.43. The molecule has 15 heavy (non-hydrogen) atoms. The Bertz CT molecular complexity index is 323. The molecule has 0 spiro atoms. The first kappa shape index (κ1) is 10.1. The van der Waals surface area contributed by atoms with Crippen LogP contribution >= 0.6 is 0 Å². The number of aromatic amines is 1. The zero-order valence-electron chi connectivity index (χ0n) is 8.44. The standard InChI is InChI=1S/C9H15N5O/c10-6-3-1-2-4-7(6)13-9(15)8-11-5-12-14-8/h5-7H,1-4,10H2,(H,13,15)(H,11,12,14). The number of aromatic nitrogens is 3. The zero-order chi connectivity index (χ0) is 10.7. The summed E-state index contributed by atoms with van der Waals surface area (Å²) in [5.74, 6) is 0.0163. The Morgan fingerprint density at radius 2 is 2.33 bits per heavy atom. The van der Waals surface area contributed by atoms with Crippen LogP contribution in [0.1, 0.15) is 36.3 Å². The van der Waals surface area contributed by atoms with Gasteiger partial charge in [0.25, 0.3) is 5.91 Å². The molecule has 2 unspecified atom stereocenters. The lowest BCUT2D eigenvalue weighted by molar-refractivity contribution is 0.0911. The van der Waals surface area contributed by atoms with Crippen LogP contribution in [0, 0.1) is 0 Å². The first-order valence-electron chi connectivity index (χ1n) is 5.19. The number of carbonyl (C=O) groups excluding carboxylic acids is 1. The number of nitrogens with two attached hydrogens (primary N) is 1. The van der Waals surface area contributed by atoms with Crippen molar-refractivity contribution in [3.05, 3.63) is 12.2 Å². The second-order valence-electron chi connectivity index (χ2n) is 3.86. The molecule has 0 radical (unpaired) electrons. The van der Waals surface area contributed by atoms with E-state index in [4.69, 9.17) is 5.73 Å². The highest BCUT2D eigenvalue weighted by molar-refractivity contribution is 5.90. The molecule has 1 amide bonds. The second kappa shape index (κ2) is 4.39. The third kappa shape index (κ3) is 2.33. The largest absolute Gasteiger partial charge is 0.345 e. The molecule has 1 heterocycles. The minimum Gasteiger partial charge on any atom is -0.345 e. The molecule has 1 saturated carbocycles. The van der Waals surface area contributed by atoms with Crippen LogP contribution < -0.4 is 11.1 Å². The molecule has 0 aromatic carbocycles. The van der Waals surface area contributed by atoms with E-state index in [0.29, 0.717) is 0 Å². The number of hydrogen-bond acceptors (Lipinski definition) is 4. The van der Waals surface area contributed by atoms with Crippen molar-refractivity contribution in [1.82, 2.24) is 20.5 Å². The molecule has 1 aromatic rings. The number of carbonyl (C=O) groups is 1. The van der Waals surface area contributed by atoms with Gasteiger partial charge in [0.05, 0.1) is 0 Å². The van der Waals surface area contributed by atoms with Gasteiger partial charge in [-0.25, -0.2) is 4.98 Å². The molecule has 0 bridgehead atoms. The highest BCUT2D eigenvalue weighted by Crippen LogP contribution is 2.16. The molecule has 1 aliphatic carbocycles. The smallest absolute Gasteiger partial charge is 0.288 e. The number of rotatable bonds is 2. The predicted octanol–water partition coefficient (Wildman–Crippen LogP) is -0.196. The normalized spacial score (nSPS) is 26.2. The summed E-state index contributed by atoms with van der Waals surface area (Å²) < 4.78 is 0. The Kier molecular flexibility index (Phi) is 2.96. The third-order valence-electron chi connectivity index (χ3n) is 2.77. The lowest BCUT2D eigenvalue weighted by Gasteiger charge is -2.28.